The van der Waals surface area contributed by atoms with Crippen molar-refractivity contribution < 1.29 is 14.6 Å². The first-order valence-corrected chi connectivity index (χ1v) is 6.60. The van der Waals surface area contributed by atoms with E-state index in [-0.39, 0.29) is 11.7 Å². The van der Waals surface area contributed by atoms with Crippen LogP contribution in [-0.2, 0) is 11.2 Å². The number of rotatable bonds is 5. The van der Waals surface area contributed by atoms with Crippen LogP contribution in [0.3, 0.4) is 0 Å². The van der Waals surface area contributed by atoms with E-state index in [1.54, 1.807) is 37.4 Å². The first kappa shape index (κ1) is 14.7. The highest BCUT2D eigenvalue weighted by molar-refractivity contribution is 5.91. The zero-order chi connectivity index (χ0) is 15.2. The number of hydrogen-bond acceptors (Lipinski definition) is 4. The fourth-order valence-electron chi connectivity index (χ4n) is 2.00. The number of nitrogens with two attached hydrogens (primary N) is 1. The Hall–Kier alpha value is -2.69. The van der Waals surface area contributed by atoms with Gasteiger partial charge < -0.3 is 20.9 Å². The van der Waals surface area contributed by atoms with Crippen molar-refractivity contribution in [3.05, 3.63) is 48.0 Å². The molecular weight excluding hydrogens is 268 g/mol. The molecule has 0 aliphatic rings. The maximum absolute atomic E-state index is 11.9. The first-order valence-electron chi connectivity index (χ1n) is 6.60. The summed E-state index contributed by atoms with van der Waals surface area (Å²) >= 11 is 0. The summed E-state index contributed by atoms with van der Waals surface area (Å²) < 4.78 is 5.09. The summed E-state index contributed by atoms with van der Waals surface area (Å²) in [5.41, 5.74) is 7.93. The molecule has 2 aromatic rings. The minimum atomic E-state index is -0.116. The van der Waals surface area contributed by atoms with Crippen LogP contribution in [-0.4, -0.2) is 18.1 Å². The van der Waals surface area contributed by atoms with Crippen LogP contribution in [0.4, 0.5) is 11.4 Å². The number of nitrogen functional groups attached to an aromatic ring is 1. The van der Waals surface area contributed by atoms with Crippen LogP contribution in [0.2, 0.25) is 0 Å². The Bertz CT molecular complexity index is 641. The Morgan fingerprint density at radius 2 is 2.10 bits per heavy atom. The first-order chi connectivity index (χ1) is 10.1. The molecule has 0 bridgehead atoms. The molecule has 4 N–H and O–H groups in total. The van der Waals surface area contributed by atoms with Gasteiger partial charge in [0.15, 0.2) is 0 Å². The lowest BCUT2D eigenvalue weighted by molar-refractivity contribution is -0.116. The largest absolute Gasteiger partial charge is 0.508 e. The zero-order valence-corrected chi connectivity index (χ0v) is 11.8. The van der Waals surface area contributed by atoms with Gasteiger partial charge in [0.05, 0.1) is 12.8 Å². The Morgan fingerprint density at radius 1 is 1.29 bits per heavy atom. The molecule has 1 amide bonds. The van der Waals surface area contributed by atoms with Crippen LogP contribution in [0.5, 0.6) is 11.5 Å². The summed E-state index contributed by atoms with van der Waals surface area (Å²) in [6.07, 6.45) is 0.917. The molecule has 0 spiro atoms. The smallest absolute Gasteiger partial charge is 0.224 e. The van der Waals surface area contributed by atoms with Gasteiger partial charge in [-0.1, -0.05) is 12.1 Å². The van der Waals surface area contributed by atoms with Crippen molar-refractivity contribution in [3.8, 4) is 11.5 Å². The highest BCUT2D eigenvalue weighted by Gasteiger charge is 2.06. The molecule has 0 radical (unpaired) electrons. The topological polar surface area (TPSA) is 84.6 Å². The Kier molecular flexibility index (Phi) is 4.66. The molecule has 5 heteroatoms. The van der Waals surface area contributed by atoms with E-state index in [1.807, 2.05) is 6.07 Å². The number of aryl methyl sites for hydroxylation is 1. The molecule has 2 rings (SSSR count). The van der Waals surface area contributed by atoms with Crippen LogP contribution in [0.1, 0.15) is 12.0 Å². The summed E-state index contributed by atoms with van der Waals surface area (Å²) in [5.74, 6) is 0.633. The third-order valence-corrected chi connectivity index (χ3v) is 3.06. The van der Waals surface area contributed by atoms with E-state index in [9.17, 15) is 9.90 Å². The number of phenolic OH excluding ortho intramolecular Hbond substituents is 1. The minimum Gasteiger partial charge on any atom is -0.508 e. The van der Waals surface area contributed by atoms with Gasteiger partial charge in [-0.25, -0.2) is 0 Å². The van der Waals surface area contributed by atoms with E-state index < -0.39 is 0 Å². The number of phenols is 1. The molecule has 0 atom stereocenters. The minimum absolute atomic E-state index is 0.116. The van der Waals surface area contributed by atoms with Gasteiger partial charge in [0.2, 0.25) is 5.91 Å². The van der Waals surface area contributed by atoms with Crippen LogP contribution >= 0.6 is 0 Å². The average molecular weight is 286 g/mol. The number of nitrogens with one attached hydrogen (secondary N) is 1. The van der Waals surface area contributed by atoms with Crippen molar-refractivity contribution in [2.24, 2.45) is 0 Å². The lowest BCUT2D eigenvalue weighted by atomic mass is 10.1. The van der Waals surface area contributed by atoms with Crippen molar-refractivity contribution in [1.82, 2.24) is 0 Å². The van der Waals surface area contributed by atoms with Crippen molar-refractivity contribution in [3.63, 3.8) is 0 Å². The quantitative estimate of drug-likeness (QED) is 0.737. The second-order valence-electron chi connectivity index (χ2n) is 4.67. The number of amides is 1. The molecule has 0 aliphatic carbocycles. The molecule has 21 heavy (non-hydrogen) atoms. The van der Waals surface area contributed by atoms with E-state index in [2.05, 4.69) is 5.32 Å². The van der Waals surface area contributed by atoms with E-state index in [0.717, 1.165) is 5.56 Å². The molecule has 0 saturated carbocycles. The van der Waals surface area contributed by atoms with Crippen molar-refractivity contribution in [2.75, 3.05) is 18.2 Å². The molecule has 0 heterocycles. The van der Waals surface area contributed by atoms with Crippen LogP contribution in [0.25, 0.3) is 0 Å². The molecule has 0 aromatic heterocycles. The molecule has 0 aliphatic heterocycles. The third kappa shape index (κ3) is 4.14. The number of hydrogen-bond donors (Lipinski definition) is 3. The molecule has 5 nitrogen and oxygen atoms in total. The van der Waals surface area contributed by atoms with Crippen molar-refractivity contribution in [1.29, 1.82) is 0 Å². The second kappa shape index (κ2) is 6.65. The predicted molar refractivity (Wildman–Crippen MR) is 82.5 cm³/mol. The maximum Gasteiger partial charge on any atom is 0.224 e. The highest BCUT2D eigenvalue weighted by Crippen LogP contribution is 2.22. The maximum atomic E-state index is 11.9. The fourth-order valence-corrected chi connectivity index (χ4v) is 2.00. The number of carbonyl (C=O) groups is 1. The Balaban J connectivity index is 1.90. The lowest BCUT2D eigenvalue weighted by Crippen LogP contribution is -2.12. The molecule has 0 fully saturated rings. The number of benzene rings is 2. The SMILES string of the molecule is COc1ccc(CCC(=O)Nc2cccc(O)c2)cc1N. The molecular formula is C16H18N2O3. The van der Waals surface area contributed by atoms with E-state index in [0.29, 0.717) is 30.0 Å². The van der Waals surface area contributed by atoms with Gasteiger partial charge in [0, 0.05) is 18.2 Å². The number of ether oxygens (including phenoxy) is 1. The molecule has 110 valence electrons. The Morgan fingerprint density at radius 3 is 2.76 bits per heavy atom. The summed E-state index contributed by atoms with van der Waals surface area (Å²) in [7, 11) is 1.56. The highest BCUT2D eigenvalue weighted by atomic mass is 16.5. The van der Waals surface area contributed by atoms with Gasteiger partial charge in [-0.15, -0.1) is 0 Å². The number of aromatic hydroxyl groups is 1. The summed E-state index contributed by atoms with van der Waals surface area (Å²) in [5, 5.41) is 12.1. The number of carbonyl (C=O) groups excluding carboxylic acids is 1. The van der Waals surface area contributed by atoms with Crippen LogP contribution in [0.15, 0.2) is 42.5 Å². The van der Waals surface area contributed by atoms with E-state index >= 15 is 0 Å². The number of anilines is 2. The Labute approximate surface area is 123 Å². The van der Waals surface area contributed by atoms with Crippen molar-refractivity contribution >= 4 is 17.3 Å². The van der Waals surface area contributed by atoms with Gasteiger partial charge in [-0.05, 0) is 36.2 Å². The summed E-state index contributed by atoms with van der Waals surface area (Å²) in [4.78, 5) is 11.9. The van der Waals surface area contributed by atoms with Gasteiger partial charge in [-0.2, -0.15) is 0 Å². The predicted octanol–water partition coefficient (Wildman–Crippen LogP) is 2.55. The normalized spacial score (nSPS) is 10.1. The third-order valence-electron chi connectivity index (χ3n) is 3.06. The van der Waals surface area contributed by atoms with Crippen LogP contribution in [0, 0.1) is 0 Å². The van der Waals surface area contributed by atoms with Gasteiger partial charge in [-0.3, -0.25) is 4.79 Å². The molecule has 2 aromatic carbocycles. The summed E-state index contributed by atoms with van der Waals surface area (Å²) in [6.45, 7) is 0. The van der Waals surface area contributed by atoms with Crippen LogP contribution < -0.4 is 15.8 Å². The number of methoxy groups -OCH3 is 1. The fraction of sp³-hybridized carbons (Fsp3) is 0.188. The standard InChI is InChI=1S/C16H18N2O3/c1-21-15-7-5-11(9-14(15)17)6-8-16(20)18-12-3-2-4-13(19)10-12/h2-5,7,9-10,19H,6,8,17H2,1H3,(H,18,20). The zero-order valence-electron chi connectivity index (χ0n) is 11.8. The average Bonchev–Trinajstić information content (AvgIpc) is 2.45. The van der Waals surface area contributed by atoms with E-state index in [1.165, 1.54) is 6.07 Å². The van der Waals surface area contributed by atoms with Crippen molar-refractivity contribution in [2.45, 2.75) is 12.8 Å². The molecule has 0 unspecified atom stereocenters. The van der Waals surface area contributed by atoms with Gasteiger partial charge >= 0.3 is 0 Å². The van der Waals surface area contributed by atoms with Gasteiger partial charge in [0.25, 0.3) is 0 Å². The second-order valence-corrected chi connectivity index (χ2v) is 4.67. The summed E-state index contributed by atoms with van der Waals surface area (Å²) in [6, 6.07) is 11.9. The van der Waals surface area contributed by atoms with Gasteiger partial charge in [0.1, 0.15) is 11.5 Å². The monoisotopic (exact) mass is 286 g/mol. The molecule has 0 saturated heterocycles. The lowest BCUT2D eigenvalue weighted by Gasteiger charge is -2.08. The van der Waals surface area contributed by atoms with E-state index in [4.69, 9.17) is 10.5 Å².